The summed E-state index contributed by atoms with van der Waals surface area (Å²) in [5, 5.41) is 0. The van der Waals surface area contributed by atoms with Gasteiger partial charge in [0.15, 0.2) is 0 Å². The molecule has 6 heteroatoms. The van der Waals surface area contributed by atoms with Crippen molar-refractivity contribution in [1.82, 2.24) is 14.7 Å². The SMILES string of the molecule is CC(C)(C)C(=O)N1CCC[C@@H](CN2C(=O)[C@@H]3CCCN3C2=O)C1. The van der Waals surface area contributed by atoms with E-state index in [1.807, 2.05) is 25.7 Å². The summed E-state index contributed by atoms with van der Waals surface area (Å²) in [6, 6.07) is -0.352. The first-order valence-electron chi connectivity index (χ1n) is 8.70. The number of nitrogens with zero attached hydrogens (tertiary/aromatic N) is 3. The molecule has 0 aromatic carbocycles. The second kappa shape index (κ2) is 5.80. The van der Waals surface area contributed by atoms with Gasteiger partial charge in [-0.15, -0.1) is 0 Å². The molecule has 3 saturated heterocycles. The Kier molecular flexibility index (Phi) is 4.10. The van der Waals surface area contributed by atoms with Crippen LogP contribution in [0.15, 0.2) is 0 Å². The van der Waals surface area contributed by atoms with Crippen LogP contribution in [0, 0.1) is 11.3 Å². The summed E-state index contributed by atoms with van der Waals surface area (Å²) < 4.78 is 0. The lowest BCUT2D eigenvalue weighted by molar-refractivity contribution is -0.141. The van der Waals surface area contributed by atoms with Gasteiger partial charge in [0.25, 0.3) is 5.91 Å². The Bertz CT molecular complexity index is 504. The van der Waals surface area contributed by atoms with Gasteiger partial charge >= 0.3 is 6.03 Å². The Morgan fingerprint density at radius 2 is 1.83 bits per heavy atom. The molecular formula is C17H27N3O3. The van der Waals surface area contributed by atoms with Crippen LogP contribution in [0.5, 0.6) is 0 Å². The standard InChI is InChI=1S/C17H27N3O3/c1-17(2,3)15(22)18-8-4-6-12(10-18)11-20-14(21)13-7-5-9-19(13)16(20)23/h12-13H,4-11H2,1-3H3/t12-,13+/m1/s1. The highest BCUT2D eigenvalue weighted by atomic mass is 16.2. The van der Waals surface area contributed by atoms with Crippen LogP contribution in [0.25, 0.3) is 0 Å². The lowest BCUT2D eigenvalue weighted by Gasteiger charge is -2.37. The number of amides is 4. The molecule has 23 heavy (non-hydrogen) atoms. The van der Waals surface area contributed by atoms with Crippen molar-refractivity contribution in [3.8, 4) is 0 Å². The van der Waals surface area contributed by atoms with Crippen LogP contribution in [-0.2, 0) is 9.59 Å². The van der Waals surface area contributed by atoms with Gasteiger partial charge in [0.2, 0.25) is 5.91 Å². The summed E-state index contributed by atoms with van der Waals surface area (Å²) in [6.45, 7) is 8.38. The van der Waals surface area contributed by atoms with Crippen LogP contribution < -0.4 is 0 Å². The van der Waals surface area contributed by atoms with E-state index in [0.717, 1.165) is 32.2 Å². The normalized spacial score (nSPS) is 28.6. The van der Waals surface area contributed by atoms with Crippen molar-refractivity contribution in [2.75, 3.05) is 26.2 Å². The van der Waals surface area contributed by atoms with Gasteiger partial charge in [-0.2, -0.15) is 0 Å². The average molecular weight is 321 g/mol. The minimum atomic E-state index is -0.385. The van der Waals surface area contributed by atoms with Gasteiger partial charge < -0.3 is 9.80 Å². The van der Waals surface area contributed by atoms with Crippen molar-refractivity contribution in [3.63, 3.8) is 0 Å². The monoisotopic (exact) mass is 321 g/mol. The molecule has 3 fully saturated rings. The summed E-state index contributed by atoms with van der Waals surface area (Å²) in [5.74, 6) is 0.316. The van der Waals surface area contributed by atoms with E-state index in [1.54, 1.807) is 4.90 Å². The third-order valence-electron chi connectivity index (χ3n) is 5.17. The van der Waals surface area contributed by atoms with Gasteiger partial charge in [-0.05, 0) is 31.6 Å². The Morgan fingerprint density at radius 1 is 1.13 bits per heavy atom. The van der Waals surface area contributed by atoms with E-state index in [1.165, 1.54) is 4.90 Å². The number of urea groups is 1. The molecule has 0 radical (unpaired) electrons. The van der Waals surface area contributed by atoms with E-state index in [2.05, 4.69) is 0 Å². The predicted octanol–water partition coefficient (Wildman–Crippen LogP) is 1.70. The third kappa shape index (κ3) is 2.95. The van der Waals surface area contributed by atoms with Gasteiger partial charge in [0, 0.05) is 31.6 Å². The van der Waals surface area contributed by atoms with Crippen LogP contribution >= 0.6 is 0 Å². The van der Waals surface area contributed by atoms with Crippen molar-refractivity contribution < 1.29 is 14.4 Å². The van der Waals surface area contributed by atoms with Crippen LogP contribution in [0.2, 0.25) is 0 Å². The molecule has 128 valence electrons. The molecule has 4 amide bonds. The highest BCUT2D eigenvalue weighted by molar-refractivity contribution is 6.04. The molecular weight excluding hydrogens is 294 g/mol. The Balaban J connectivity index is 1.63. The second-order valence-electron chi connectivity index (χ2n) is 8.09. The first-order valence-corrected chi connectivity index (χ1v) is 8.70. The molecule has 3 heterocycles. The summed E-state index contributed by atoms with van der Waals surface area (Å²) in [7, 11) is 0. The maximum Gasteiger partial charge on any atom is 0.327 e. The molecule has 0 N–H and O–H groups in total. The Morgan fingerprint density at radius 3 is 2.48 bits per heavy atom. The molecule has 0 unspecified atom stereocenters. The van der Waals surface area contributed by atoms with E-state index < -0.39 is 0 Å². The molecule has 3 aliphatic rings. The zero-order valence-corrected chi connectivity index (χ0v) is 14.4. The lowest BCUT2D eigenvalue weighted by Crippen LogP contribution is -2.48. The van der Waals surface area contributed by atoms with Crippen LogP contribution in [-0.4, -0.2) is 64.8 Å². The van der Waals surface area contributed by atoms with Gasteiger partial charge in [0.1, 0.15) is 6.04 Å². The zero-order chi connectivity index (χ0) is 16.8. The molecule has 0 aromatic rings. The second-order valence-corrected chi connectivity index (χ2v) is 8.09. The Hall–Kier alpha value is -1.59. The number of imide groups is 1. The largest absolute Gasteiger partial charge is 0.342 e. The van der Waals surface area contributed by atoms with Crippen molar-refractivity contribution in [3.05, 3.63) is 0 Å². The number of carbonyl (C=O) groups excluding carboxylic acids is 3. The minimum Gasteiger partial charge on any atom is -0.342 e. The maximum absolute atomic E-state index is 12.5. The topological polar surface area (TPSA) is 60.9 Å². The van der Waals surface area contributed by atoms with Crippen LogP contribution in [0.1, 0.15) is 46.5 Å². The molecule has 3 aliphatic heterocycles. The quantitative estimate of drug-likeness (QED) is 0.727. The van der Waals surface area contributed by atoms with Gasteiger partial charge in [0.05, 0.1) is 0 Å². The number of hydrogen-bond acceptors (Lipinski definition) is 3. The van der Waals surface area contributed by atoms with Crippen molar-refractivity contribution in [2.45, 2.75) is 52.5 Å². The van der Waals surface area contributed by atoms with Gasteiger partial charge in [-0.3, -0.25) is 14.5 Å². The van der Waals surface area contributed by atoms with Crippen molar-refractivity contribution in [1.29, 1.82) is 0 Å². The van der Waals surface area contributed by atoms with E-state index in [0.29, 0.717) is 19.6 Å². The highest BCUT2D eigenvalue weighted by Gasteiger charge is 2.48. The van der Waals surface area contributed by atoms with E-state index in [9.17, 15) is 14.4 Å². The minimum absolute atomic E-state index is 0.0354. The predicted molar refractivity (Wildman–Crippen MR) is 85.6 cm³/mol. The average Bonchev–Trinajstić information content (AvgIpc) is 3.06. The number of likely N-dealkylation sites (tertiary alicyclic amines) is 1. The molecule has 0 bridgehead atoms. The summed E-state index contributed by atoms with van der Waals surface area (Å²) >= 11 is 0. The number of fused-ring (bicyclic) bond motifs is 1. The van der Waals surface area contributed by atoms with E-state index in [-0.39, 0.29) is 35.2 Å². The van der Waals surface area contributed by atoms with Crippen molar-refractivity contribution >= 4 is 17.8 Å². The summed E-state index contributed by atoms with van der Waals surface area (Å²) in [6.07, 6.45) is 3.62. The number of rotatable bonds is 2. The fourth-order valence-electron chi connectivity index (χ4n) is 3.98. The lowest BCUT2D eigenvalue weighted by atomic mass is 9.91. The number of piperidine rings is 1. The van der Waals surface area contributed by atoms with Gasteiger partial charge in [-0.25, -0.2) is 4.79 Å². The third-order valence-corrected chi connectivity index (χ3v) is 5.17. The molecule has 2 atom stereocenters. The van der Waals surface area contributed by atoms with Gasteiger partial charge in [-0.1, -0.05) is 20.8 Å². The fraction of sp³-hybridized carbons (Fsp3) is 0.824. The molecule has 0 saturated carbocycles. The highest BCUT2D eigenvalue weighted by Crippen LogP contribution is 2.30. The Labute approximate surface area is 137 Å². The van der Waals surface area contributed by atoms with Crippen molar-refractivity contribution in [2.24, 2.45) is 11.3 Å². The van der Waals surface area contributed by atoms with Crippen LogP contribution in [0.4, 0.5) is 4.79 Å². The summed E-state index contributed by atoms with van der Waals surface area (Å²) in [4.78, 5) is 42.3. The molecule has 6 nitrogen and oxygen atoms in total. The van der Waals surface area contributed by atoms with E-state index >= 15 is 0 Å². The maximum atomic E-state index is 12.5. The first kappa shape index (κ1) is 16.3. The zero-order valence-electron chi connectivity index (χ0n) is 14.4. The number of carbonyl (C=O) groups is 3. The van der Waals surface area contributed by atoms with E-state index in [4.69, 9.17) is 0 Å². The van der Waals surface area contributed by atoms with Crippen LogP contribution in [0.3, 0.4) is 0 Å². The fourth-order valence-corrected chi connectivity index (χ4v) is 3.98. The molecule has 0 aromatic heterocycles. The smallest absolute Gasteiger partial charge is 0.327 e. The summed E-state index contributed by atoms with van der Waals surface area (Å²) in [5.41, 5.74) is -0.385. The molecule has 0 aliphatic carbocycles. The number of hydrogen-bond donors (Lipinski definition) is 0. The first-order chi connectivity index (χ1) is 10.8. The molecule has 3 rings (SSSR count). The molecule has 0 spiro atoms.